The van der Waals surface area contributed by atoms with E-state index in [0.29, 0.717) is 29.1 Å². The third-order valence-electron chi connectivity index (χ3n) is 4.74. The van der Waals surface area contributed by atoms with Crippen molar-refractivity contribution in [3.05, 3.63) is 58.1 Å². The lowest BCUT2D eigenvalue weighted by atomic mass is 10.1. The minimum atomic E-state index is -0.332. The van der Waals surface area contributed by atoms with E-state index in [-0.39, 0.29) is 30.7 Å². The Morgan fingerprint density at radius 1 is 1.10 bits per heavy atom. The van der Waals surface area contributed by atoms with Gasteiger partial charge in [0, 0.05) is 35.7 Å². The molecule has 152 valence electrons. The SMILES string of the molecule is Cn1nnnc1-c1cccc(NC(=O)CCCN2C(=O)c3ccc(Br)cc3C2=O)c1. The summed E-state index contributed by atoms with van der Waals surface area (Å²) in [6, 6.07) is 12.2. The van der Waals surface area contributed by atoms with Crippen LogP contribution in [0.2, 0.25) is 0 Å². The first-order valence-corrected chi connectivity index (χ1v) is 10.0. The fraction of sp³-hybridized carbons (Fsp3) is 0.200. The lowest BCUT2D eigenvalue weighted by molar-refractivity contribution is -0.116. The van der Waals surface area contributed by atoms with Crippen molar-refractivity contribution >= 4 is 39.3 Å². The van der Waals surface area contributed by atoms with E-state index >= 15 is 0 Å². The molecule has 0 spiro atoms. The van der Waals surface area contributed by atoms with Gasteiger partial charge in [0.05, 0.1) is 11.1 Å². The summed E-state index contributed by atoms with van der Waals surface area (Å²) in [6.45, 7) is 0.183. The van der Waals surface area contributed by atoms with Crippen LogP contribution < -0.4 is 5.32 Å². The molecule has 2 aromatic carbocycles. The minimum Gasteiger partial charge on any atom is -0.326 e. The van der Waals surface area contributed by atoms with Crippen molar-refractivity contribution in [3.8, 4) is 11.4 Å². The van der Waals surface area contributed by atoms with E-state index in [2.05, 4.69) is 36.8 Å². The molecule has 0 unspecified atom stereocenters. The molecule has 9 nitrogen and oxygen atoms in total. The van der Waals surface area contributed by atoms with E-state index in [0.717, 1.165) is 10.0 Å². The lowest BCUT2D eigenvalue weighted by Gasteiger charge is -2.13. The van der Waals surface area contributed by atoms with E-state index in [1.165, 1.54) is 4.90 Å². The van der Waals surface area contributed by atoms with Crippen molar-refractivity contribution in [2.75, 3.05) is 11.9 Å². The average Bonchev–Trinajstić information content (AvgIpc) is 3.25. The summed E-state index contributed by atoms with van der Waals surface area (Å²) >= 11 is 3.31. The highest BCUT2D eigenvalue weighted by Gasteiger charge is 2.35. The molecule has 1 N–H and O–H groups in total. The van der Waals surface area contributed by atoms with Crippen LogP contribution in [0.25, 0.3) is 11.4 Å². The Kier molecular flexibility index (Phi) is 5.40. The van der Waals surface area contributed by atoms with Gasteiger partial charge in [0.1, 0.15) is 0 Å². The normalized spacial score (nSPS) is 12.9. The van der Waals surface area contributed by atoms with Gasteiger partial charge in [-0.2, -0.15) is 0 Å². The Balaban J connectivity index is 1.34. The van der Waals surface area contributed by atoms with Crippen LogP contribution in [0.15, 0.2) is 46.9 Å². The maximum Gasteiger partial charge on any atom is 0.261 e. The molecule has 30 heavy (non-hydrogen) atoms. The van der Waals surface area contributed by atoms with Crippen LogP contribution in [0.1, 0.15) is 33.6 Å². The Labute approximate surface area is 180 Å². The van der Waals surface area contributed by atoms with E-state index in [1.54, 1.807) is 48.1 Å². The maximum absolute atomic E-state index is 12.5. The number of amides is 3. The lowest BCUT2D eigenvalue weighted by Crippen LogP contribution is -2.31. The molecule has 10 heteroatoms. The summed E-state index contributed by atoms with van der Waals surface area (Å²) in [4.78, 5) is 38.4. The second-order valence-corrected chi connectivity index (χ2v) is 7.73. The molecule has 2 heterocycles. The number of fused-ring (bicyclic) bond motifs is 1. The number of aryl methyl sites for hydroxylation is 1. The Bertz CT molecular complexity index is 1160. The molecule has 0 fully saturated rings. The topological polar surface area (TPSA) is 110 Å². The van der Waals surface area contributed by atoms with Crippen molar-refractivity contribution in [1.29, 1.82) is 0 Å². The number of rotatable bonds is 6. The highest BCUT2D eigenvalue weighted by Crippen LogP contribution is 2.26. The molecule has 1 aliphatic rings. The average molecular weight is 469 g/mol. The van der Waals surface area contributed by atoms with Crippen molar-refractivity contribution in [1.82, 2.24) is 25.1 Å². The molecule has 3 amide bonds. The van der Waals surface area contributed by atoms with Gasteiger partial charge >= 0.3 is 0 Å². The smallest absolute Gasteiger partial charge is 0.261 e. The number of aromatic nitrogens is 4. The number of carbonyl (C=O) groups excluding carboxylic acids is 3. The molecule has 3 aromatic rings. The first-order valence-electron chi connectivity index (χ1n) is 9.22. The highest BCUT2D eigenvalue weighted by atomic mass is 79.9. The van der Waals surface area contributed by atoms with Gasteiger partial charge in [-0.25, -0.2) is 4.68 Å². The summed E-state index contributed by atoms with van der Waals surface area (Å²) in [7, 11) is 1.73. The molecule has 0 saturated carbocycles. The molecule has 1 aromatic heterocycles. The molecule has 4 rings (SSSR count). The fourth-order valence-corrected chi connectivity index (χ4v) is 3.66. The van der Waals surface area contributed by atoms with Crippen LogP contribution >= 0.6 is 15.9 Å². The highest BCUT2D eigenvalue weighted by molar-refractivity contribution is 9.10. The van der Waals surface area contributed by atoms with Crippen LogP contribution in [0.5, 0.6) is 0 Å². The number of anilines is 1. The first kappa shape index (κ1) is 19.9. The second kappa shape index (κ2) is 8.15. The molecule has 0 bridgehead atoms. The van der Waals surface area contributed by atoms with Crippen molar-refractivity contribution < 1.29 is 14.4 Å². The predicted octanol–water partition coefficient (Wildman–Crippen LogP) is 2.65. The van der Waals surface area contributed by atoms with Gasteiger partial charge < -0.3 is 5.32 Å². The number of benzene rings is 2. The van der Waals surface area contributed by atoms with E-state index < -0.39 is 0 Å². The second-order valence-electron chi connectivity index (χ2n) is 6.81. The van der Waals surface area contributed by atoms with Gasteiger partial charge in [-0.3, -0.25) is 19.3 Å². The number of carbonyl (C=O) groups is 3. The number of tetrazole rings is 1. The van der Waals surface area contributed by atoms with Crippen LogP contribution in [0.4, 0.5) is 5.69 Å². The molecule has 0 radical (unpaired) electrons. The van der Waals surface area contributed by atoms with E-state index in [1.807, 2.05) is 6.07 Å². The zero-order valence-corrected chi connectivity index (χ0v) is 17.6. The van der Waals surface area contributed by atoms with Crippen molar-refractivity contribution in [2.24, 2.45) is 7.05 Å². The summed E-state index contributed by atoms with van der Waals surface area (Å²) in [5.41, 5.74) is 2.17. The third kappa shape index (κ3) is 3.86. The molecular formula is C20H17BrN6O3. The van der Waals surface area contributed by atoms with Gasteiger partial charge in [0.15, 0.2) is 5.82 Å². The Morgan fingerprint density at radius 2 is 1.90 bits per heavy atom. The molecule has 0 atom stereocenters. The quantitative estimate of drug-likeness (QED) is 0.556. The summed E-state index contributed by atoms with van der Waals surface area (Å²) in [5.74, 6) is -0.277. The Morgan fingerprint density at radius 3 is 2.67 bits per heavy atom. The zero-order valence-electron chi connectivity index (χ0n) is 16.0. The van der Waals surface area contributed by atoms with Gasteiger partial charge in [0.2, 0.25) is 5.91 Å². The number of nitrogens with one attached hydrogen (secondary N) is 1. The predicted molar refractivity (Wildman–Crippen MR) is 112 cm³/mol. The van der Waals surface area contributed by atoms with Crippen LogP contribution in [0, 0.1) is 0 Å². The molecular weight excluding hydrogens is 452 g/mol. The molecule has 0 aliphatic carbocycles. The van der Waals surface area contributed by atoms with Gasteiger partial charge in [-0.1, -0.05) is 28.1 Å². The van der Waals surface area contributed by atoms with Gasteiger partial charge in [-0.05, 0) is 47.2 Å². The van der Waals surface area contributed by atoms with Crippen LogP contribution in [-0.2, 0) is 11.8 Å². The van der Waals surface area contributed by atoms with Crippen molar-refractivity contribution in [2.45, 2.75) is 12.8 Å². The zero-order chi connectivity index (χ0) is 21.3. The van der Waals surface area contributed by atoms with Gasteiger partial charge in [-0.15, -0.1) is 5.10 Å². The summed E-state index contributed by atoms with van der Waals surface area (Å²) in [5, 5.41) is 14.2. The molecule has 0 saturated heterocycles. The number of imide groups is 1. The van der Waals surface area contributed by atoms with Crippen LogP contribution in [-0.4, -0.2) is 49.4 Å². The number of hydrogen-bond donors (Lipinski definition) is 1. The van der Waals surface area contributed by atoms with Crippen LogP contribution in [0.3, 0.4) is 0 Å². The number of halogens is 1. The van der Waals surface area contributed by atoms with Gasteiger partial charge in [0.25, 0.3) is 11.8 Å². The first-order chi connectivity index (χ1) is 14.4. The largest absolute Gasteiger partial charge is 0.326 e. The summed E-state index contributed by atoms with van der Waals surface area (Å²) in [6.07, 6.45) is 0.540. The number of hydrogen-bond acceptors (Lipinski definition) is 6. The van der Waals surface area contributed by atoms with Crippen molar-refractivity contribution in [3.63, 3.8) is 0 Å². The summed E-state index contributed by atoms with van der Waals surface area (Å²) < 4.78 is 2.28. The maximum atomic E-state index is 12.5. The minimum absolute atomic E-state index is 0.173. The standard InChI is InChI=1S/C20H17BrN6O3/c1-26-18(23-24-25-26)12-4-2-5-14(10-12)22-17(28)6-3-9-27-19(29)15-8-7-13(21)11-16(15)20(27)30/h2,4-5,7-8,10-11H,3,6,9H2,1H3,(H,22,28). The Hall–Kier alpha value is -3.40. The van der Waals surface area contributed by atoms with E-state index in [4.69, 9.17) is 0 Å². The van der Waals surface area contributed by atoms with E-state index in [9.17, 15) is 14.4 Å². The third-order valence-corrected chi connectivity index (χ3v) is 5.24. The number of nitrogens with zero attached hydrogens (tertiary/aromatic N) is 5. The fourth-order valence-electron chi connectivity index (χ4n) is 3.30. The molecule has 1 aliphatic heterocycles. The monoisotopic (exact) mass is 468 g/mol.